The van der Waals surface area contributed by atoms with E-state index in [1.807, 2.05) is 18.2 Å². The van der Waals surface area contributed by atoms with E-state index in [-0.39, 0.29) is 5.92 Å². The normalized spacial score (nSPS) is 12.8. The van der Waals surface area contributed by atoms with E-state index >= 15 is 0 Å². The van der Waals surface area contributed by atoms with Gasteiger partial charge in [0.1, 0.15) is 5.75 Å². The van der Waals surface area contributed by atoms with Crippen molar-refractivity contribution in [2.45, 2.75) is 52.1 Å². The van der Waals surface area contributed by atoms with E-state index in [9.17, 15) is 0 Å². The van der Waals surface area contributed by atoms with Crippen molar-refractivity contribution in [1.29, 1.82) is 0 Å². The zero-order valence-electron chi connectivity index (χ0n) is 16.0. The highest BCUT2D eigenvalue weighted by Crippen LogP contribution is 2.36. The Kier molecular flexibility index (Phi) is 7.34. The Morgan fingerprint density at radius 3 is 2.16 bits per heavy atom. The van der Waals surface area contributed by atoms with Crippen LogP contribution < -0.4 is 4.74 Å². The lowest BCUT2D eigenvalue weighted by Gasteiger charge is -2.32. The highest BCUT2D eigenvalue weighted by molar-refractivity contribution is 6.30. The highest BCUT2D eigenvalue weighted by Gasteiger charge is 2.22. The van der Waals surface area contributed by atoms with Crippen LogP contribution in [-0.4, -0.2) is 30.6 Å². The van der Waals surface area contributed by atoms with E-state index in [0.29, 0.717) is 12.1 Å². The van der Waals surface area contributed by atoms with E-state index in [0.717, 1.165) is 29.3 Å². The number of nitrogens with zero attached hydrogens (tertiary/aromatic N) is 1. The van der Waals surface area contributed by atoms with Crippen molar-refractivity contribution in [2.75, 3.05) is 13.7 Å². The molecule has 2 nitrogen and oxygen atoms in total. The zero-order chi connectivity index (χ0) is 18.4. The largest absolute Gasteiger partial charge is 0.496 e. The van der Waals surface area contributed by atoms with Crippen LogP contribution in [0.5, 0.6) is 5.75 Å². The van der Waals surface area contributed by atoms with Crippen molar-refractivity contribution in [3.63, 3.8) is 0 Å². The summed E-state index contributed by atoms with van der Waals surface area (Å²) < 4.78 is 5.63. The molecule has 3 heteroatoms. The molecule has 0 aromatic heterocycles. The summed E-state index contributed by atoms with van der Waals surface area (Å²) in [5, 5.41) is 0.751. The monoisotopic (exact) mass is 359 g/mol. The van der Waals surface area contributed by atoms with Gasteiger partial charge in [0, 0.05) is 28.6 Å². The fourth-order valence-corrected chi connectivity index (χ4v) is 3.74. The maximum absolute atomic E-state index is 6.30. The third-order valence-electron chi connectivity index (χ3n) is 4.77. The van der Waals surface area contributed by atoms with Crippen LogP contribution in [0.2, 0.25) is 5.02 Å². The smallest absolute Gasteiger partial charge is 0.122 e. The second-order valence-corrected chi connectivity index (χ2v) is 7.50. The van der Waals surface area contributed by atoms with E-state index in [1.165, 1.54) is 5.56 Å². The SMILES string of the molecule is COc1ccc(Cl)cc1C(CCN(C(C)C)C(C)C)c1ccccc1. The number of ether oxygens (including phenoxy) is 1. The molecule has 0 saturated heterocycles. The molecule has 2 aromatic carbocycles. The molecular weight excluding hydrogens is 330 g/mol. The second-order valence-electron chi connectivity index (χ2n) is 7.06. The fraction of sp³-hybridized carbons (Fsp3) is 0.455. The Morgan fingerprint density at radius 2 is 1.60 bits per heavy atom. The predicted molar refractivity (Wildman–Crippen MR) is 108 cm³/mol. The first-order chi connectivity index (χ1) is 11.9. The van der Waals surface area contributed by atoms with Crippen LogP contribution in [0, 0.1) is 0 Å². The molecule has 0 radical (unpaired) electrons. The highest BCUT2D eigenvalue weighted by atomic mass is 35.5. The fourth-order valence-electron chi connectivity index (χ4n) is 3.56. The molecule has 0 heterocycles. The van der Waals surface area contributed by atoms with Crippen molar-refractivity contribution in [3.8, 4) is 5.75 Å². The molecule has 0 amide bonds. The lowest BCUT2D eigenvalue weighted by Crippen LogP contribution is -2.38. The van der Waals surface area contributed by atoms with Gasteiger partial charge in [-0.3, -0.25) is 4.90 Å². The first kappa shape index (κ1) is 19.8. The van der Waals surface area contributed by atoms with Crippen molar-refractivity contribution in [3.05, 3.63) is 64.7 Å². The lowest BCUT2D eigenvalue weighted by atomic mass is 9.87. The molecule has 2 aromatic rings. The molecule has 1 unspecified atom stereocenters. The van der Waals surface area contributed by atoms with Crippen molar-refractivity contribution in [2.24, 2.45) is 0 Å². The molecule has 1 atom stereocenters. The van der Waals surface area contributed by atoms with Crippen LogP contribution in [0.4, 0.5) is 0 Å². The summed E-state index contributed by atoms with van der Waals surface area (Å²) in [6.07, 6.45) is 1.02. The van der Waals surface area contributed by atoms with Gasteiger partial charge in [0.2, 0.25) is 0 Å². The maximum Gasteiger partial charge on any atom is 0.122 e. The van der Waals surface area contributed by atoms with Gasteiger partial charge < -0.3 is 4.74 Å². The van der Waals surface area contributed by atoms with Gasteiger partial charge in [-0.15, -0.1) is 0 Å². The summed E-state index contributed by atoms with van der Waals surface area (Å²) in [5.41, 5.74) is 2.46. The summed E-state index contributed by atoms with van der Waals surface area (Å²) in [4.78, 5) is 2.53. The summed E-state index contributed by atoms with van der Waals surface area (Å²) >= 11 is 6.30. The molecule has 0 aliphatic carbocycles. The minimum Gasteiger partial charge on any atom is -0.496 e. The molecule has 25 heavy (non-hydrogen) atoms. The van der Waals surface area contributed by atoms with E-state index in [2.05, 4.69) is 62.9 Å². The van der Waals surface area contributed by atoms with E-state index < -0.39 is 0 Å². The lowest BCUT2D eigenvalue weighted by molar-refractivity contribution is 0.170. The zero-order valence-corrected chi connectivity index (χ0v) is 16.8. The van der Waals surface area contributed by atoms with Crippen LogP contribution in [0.1, 0.15) is 51.2 Å². The first-order valence-corrected chi connectivity index (χ1v) is 9.46. The van der Waals surface area contributed by atoms with E-state index in [4.69, 9.17) is 16.3 Å². The molecule has 0 saturated carbocycles. The number of benzene rings is 2. The molecular formula is C22H30ClNO. The molecule has 2 rings (SSSR count). The van der Waals surface area contributed by atoms with Crippen molar-refractivity contribution >= 4 is 11.6 Å². The predicted octanol–water partition coefficient (Wildman–Crippen LogP) is 5.99. The average Bonchev–Trinajstić information content (AvgIpc) is 2.59. The Labute approximate surface area is 157 Å². The van der Waals surface area contributed by atoms with Gasteiger partial charge in [0.15, 0.2) is 0 Å². The van der Waals surface area contributed by atoms with Gasteiger partial charge >= 0.3 is 0 Å². The number of hydrogen-bond acceptors (Lipinski definition) is 2. The molecule has 0 spiro atoms. The van der Waals surface area contributed by atoms with Gasteiger partial charge in [0.05, 0.1) is 7.11 Å². The first-order valence-electron chi connectivity index (χ1n) is 9.08. The summed E-state index contributed by atoms with van der Waals surface area (Å²) in [5.74, 6) is 1.16. The number of rotatable bonds is 8. The number of hydrogen-bond donors (Lipinski definition) is 0. The van der Waals surface area contributed by atoms with Gasteiger partial charge in [-0.05, 0) is 64.4 Å². The van der Waals surface area contributed by atoms with Crippen LogP contribution in [-0.2, 0) is 0 Å². The summed E-state index contributed by atoms with van der Waals surface area (Å²) in [7, 11) is 1.73. The summed E-state index contributed by atoms with van der Waals surface area (Å²) in [6, 6.07) is 17.6. The minimum absolute atomic E-state index is 0.259. The topological polar surface area (TPSA) is 12.5 Å². The number of methoxy groups -OCH3 is 1. The van der Waals surface area contributed by atoms with Crippen molar-refractivity contribution < 1.29 is 4.74 Å². The quantitative estimate of drug-likeness (QED) is 0.574. The standard InChI is InChI=1S/C22H30ClNO/c1-16(2)24(17(3)4)14-13-20(18-9-7-6-8-10-18)21-15-19(23)11-12-22(21)25-5/h6-12,15-17,20H,13-14H2,1-5H3. The molecule has 136 valence electrons. The van der Waals surface area contributed by atoms with Crippen LogP contribution >= 0.6 is 11.6 Å². The van der Waals surface area contributed by atoms with Gasteiger partial charge in [0.25, 0.3) is 0 Å². The Bertz CT molecular complexity index is 646. The molecule has 0 aliphatic rings. The van der Waals surface area contributed by atoms with Crippen LogP contribution in [0.15, 0.2) is 48.5 Å². The molecule has 0 fully saturated rings. The third kappa shape index (κ3) is 5.23. The van der Waals surface area contributed by atoms with Crippen LogP contribution in [0.25, 0.3) is 0 Å². The average molecular weight is 360 g/mol. The molecule has 0 aliphatic heterocycles. The maximum atomic E-state index is 6.30. The third-order valence-corrected chi connectivity index (χ3v) is 5.01. The molecule has 0 N–H and O–H groups in total. The Hall–Kier alpha value is -1.51. The molecule has 0 bridgehead atoms. The van der Waals surface area contributed by atoms with Crippen LogP contribution in [0.3, 0.4) is 0 Å². The van der Waals surface area contributed by atoms with Gasteiger partial charge in [-0.1, -0.05) is 41.9 Å². The Balaban J connectivity index is 2.37. The minimum atomic E-state index is 0.259. The summed E-state index contributed by atoms with van der Waals surface area (Å²) in [6.45, 7) is 10.1. The van der Waals surface area contributed by atoms with Crippen molar-refractivity contribution in [1.82, 2.24) is 4.90 Å². The number of halogens is 1. The van der Waals surface area contributed by atoms with Gasteiger partial charge in [-0.25, -0.2) is 0 Å². The second kappa shape index (κ2) is 9.26. The van der Waals surface area contributed by atoms with Gasteiger partial charge in [-0.2, -0.15) is 0 Å². The Morgan fingerprint density at radius 1 is 0.960 bits per heavy atom. The van der Waals surface area contributed by atoms with E-state index in [1.54, 1.807) is 7.11 Å².